The Bertz CT molecular complexity index is 488. The van der Waals surface area contributed by atoms with E-state index >= 15 is 0 Å². The molecule has 0 saturated heterocycles. The maximum Gasteiger partial charge on any atom is 0.342 e. The second-order valence-corrected chi connectivity index (χ2v) is 5.12. The fourth-order valence-corrected chi connectivity index (χ4v) is 2.69. The largest absolute Gasteiger partial charge is 0.479 e. The second-order valence-electron chi connectivity index (χ2n) is 5.12. The number of carbonyl (C=O) groups is 1. The third kappa shape index (κ3) is 2.79. The van der Waals surface area contributed by atoms with E-state index in [1.54, 1.807) is 0 Å². The SMILES string of the molecule is COC1(OC)C[C@](F)(C(=O)O)C1COCc1ccccc1. The molecular weight excluding hydrogens is 279 g/mol. The van der Waals surface area contributed by atoms with Crippen LogP contribution in [0.4, 0.5) is 4.39 Å². The van der Waals surface area contributed by atoms with Crippen LogP contribution in [0.5, 0.6) is 0 Å². The van der Waals surface area contributed by atoms with Crippen molar-refractivity contribution in [1.29, 1.82) is 0 Å². The molecule has 1 saturated carbocycles. The topological polar surface area (TPSA) is 65.0 Å². The van der Waals surface area contributed by atoms with Crippen LogP contribution in [-0.2, 0) is 25.6 Å². The molecule has 0 aliphatic heterocycles. The molecule has 0 bridgehead atoms. The molecule has 5 nitrogen and oxygen atoms in total. The van der Waals surface area contributed by atoms with E-state index in [1.165, 1.54) is 14.2 Å². The third-order valence-corrected chi connectivity index (χ3v) is 4.03. The van der Waals surface area contributed by atoms with Crippen LogP contribution in [-0.4, -0.2) is 43.4 Å². The van der Waals surface area contributed by atoms with Crippen molar-refractivity contribution in [3.63, 3.8) is 0 Å². The molecule has 0 radical (unpaired) electrons. The van der Waals surface area contributed by atoms with Gasteiger partial charge >= 0.3 is 5.97 Å². The summed E-state index contributed by atoms with van der Waals surface area (Å²) in [6, 6.07) is 9.37. The number of rotatable bonds is 7. The van der Waals surface area contributed by atoms with Gasteiger partial charge in [-0.05, 0) is 5.56 Å². The third-order valence-electron chi connectivity index (χ3n) is 4.03. The second kappa shape index (κ2) is 6.09. The van der Waals surface area contributed by atoms with Crippen molar-refractivity contribution in [2.45, 2.75) is 24.5 Å². The summed E-state index contributed by atoms with van der Waals surface area (Å²) in [5, 5.41) is 9.06. The molecule has 1 aromatic carbocycles. The molecular formula is C15H19FO5. The van der Waals surface area contributed by atoms with Gasteiger partial charge in [-0.15, -0.1) is 0 Å². The van der Waals surface area contributed by atoms with Gasteiger partial charge in [0.05, 0.1) is 19.1 Å². The number of hydrogen-bond donors (Lipinski definition) is 1. The number of hydrogen-bond acceptors (Lipinski definition) is 4. The number of carboxylic acids is 1. The van der Waals surface area contributed by atoms with Crippen molar-refractivity contribution in [3.8, 4) is 0 Å². The zero-order valence-electron chi connectivity index (χ0n) is 12.0. The first-order valence-electron chi connectivity index (χ1n) is 6.63. The van der Waals surface area contributed by atoms with Crippen molar-refractivity contribution in [1.82, 2.24) is 0 Å². The zero-order valence-corrected chi connectivity index (χ0v) is 12.0. The Morgan fingerprint density at radius 1 is 1.33 bits per heavy atom. The van der Waals surface area contributed by atoms with Crippen LogP contribution in [0.2, 0.25) is 0 Å². The fourth-order valence-electron chi connectivity index (χ4n) is 2.69. The number of alkyl halides is 1. The number of halogens is 1. The Hall–Kier alpha value is -1.50. The van der Waals surface area contributed by atoms with Crippen LogP contribution < -0.4 is 0 Å². The predicted octanol–water partition coefficient (Wildman–Crippen LogP) is 2.01. The van der Waals surface area contributed by atoms with Gasteiger partial charge < -0.3 is 19.3 Å². The van der Waals surface area contributed by atoms with Gasteiger partial charge in [-0.1, -0.05) is 30.3 Å². The van der Waals surface area contributed by atoms with E-state index in [0.29, 0.717) is 0 Å². The first kappa shape index (κ1) is 15.9. The highest BCUT2D eigenvalue weighted by molar-refractivity contribution is 5.80. The molecule has 0 heterocycles. The van der Waals surface area contributed by atoms with Crippen molar-refractivity contribution >= 4 is 5.97 Å². The number of ether oxygens (including phenoxy) is 3. The van der Waals surface area contributed by atoms with Crippen LogP contribution in [0.1, 0.15) is 12.0 Å². The number of methoxy groups -OCH3 is 2. The quantitative estimate of drug-likeness (QED) is 0.780. The van der Waals surface area contributed by atoms with E-state index in [1.807, 2.05) is 30.3 Å². The minimum atomic E-state index is -2.39. The van der Waals surface area contributed by atoms with Gasteiger partial charge in [0, 0.05) is 20.6 Å². The van der Waals surface area contributed by atoms with Crippen molar-refractivity contribution in [3.05, 3.63) is 35.9 Å². The van der Waals surface area contributed by atoms with Crippen molar-refractivity contribution < 1.29 is 28.5 Å². The number of carboxylic acid groups (broad SMARTS) is 1. The molecule has 2 atom stereocenters. The summed E-state index contributed by atoms with van der Waals surface area (Å²) in [6.45, 7) is 0.177. The maximum atomic E-state index is 14.4. The average molecular weight is 298 g/mol. The summed E-state index contributed by atoms with van der Waals surface area (Å²) in [5.74, 6) is -3.77. The summed E-state index contributed by atoms with van der Waals surface area (Å²) in [5.41, 5.74) is -1.46. The molecule has 0 amide bonds. The minimum absolute atomic E-state index is 0.0978. The molecule has 116 valence electrons. The van der Waals surface area contributed by atoms with Crippen LogP contribution >= 0.6 is 0 Å². The molecule has 1 N–H and O–H groups in total. The monoisotopic (exact) mass is 298 g/mol. The Morgan fingerprint density at radius 3 is 2.48 bits per heavy atom. The van der Waals surface area contributed by atoms with Crippen LogP contribution in [0, 0.1) is 5.92 Å². The van der Waals surface area contributed by atoms with E-state index in [2.05, 4.69) is 0 Å². The average Bonchev–Trinajstić information content (AvgIpc) is 2.49. The van der Waals surface area contributed by atoms with E-state index in [9.17, 15) is 9.18 Å². The van der Waals surface area contributed by atoms with Gasteiger partial charge in [0.25, 0.3) is 0 Å². The van der Waals surface area contributed by atoms with Crippen LogP contribution in [0.25, 0.3) is 0 Å². The lowest BCUT2D eigenvalue weighted by molar-refractivity contribution is -0.343. The van der Waals surface area contributed by atoms with Gasteiger partial charge in [-0.2, -0.15) is 0 Å². The summed E-state index contributed by atoms with van der Waals surface area (Å²) >= 11 is 0. The highest BCUT2D eigenvalue weighted by Gasteiger charge is 2.70. The van der Waals surface area contributed by atoms with Gasteiger partial charge in [0.15, 0.2) is 5.79 Å². The molecule has 1 fully saturated rings. The van der Waals surface area contributed by atoms with Gasteiger partial charge in [0.2, 0.25) is 5.67 Å². The smallest absolute Gasteiger partial charge is 0.342 e. The highest BCUT2D eigenvalue weighted by atomic mass is 19.1. The van der Waals surface area contributed by atoms with Gasteiger partial charge in [-0.25, -0.2) is 9.18 Å². The minimum Gasteiger partial charge on any atom is -0.479 e. The molecule has 1 aliphatic carbocycles. The first-order chi connectivity index (χ1) is 9.98. The van der Waals surface area contributed by atoms with E-state index < -0.39 is 23.3 Å². The van der Waals surface area contributed by atoms with Crippen molar-refractivity contribution in [2.75, 3.05) is 20.8 Å². The number of benzene rings is 1. The highest BCUT2D eigenvalue weighted by Crippen LogP contribution is 2.52. The molecule has 1 unspecified atom stereocenters. The van der Waals surface area contributed by atoms with Crippen LogP contribution in [0.15, 0.2) is 30.3 Å². The first-order valence-corrected chi connectivity index (χ1v) is 6.63. The van der Waals surface area contributed by atoms with Gasteiger partial charge in [0.1, 0.15) is 0 Å². The standard InChI is InChI=1S/C15H19FO5/c1-19-15(20-2)10-14(16,13(17)18)12(15)9-21-8-11-6-4-3-5-7-11/h3-7,12H,8-10H2,1-2H3,(H,17,18)/t12?,14-/m1/s1. The predicted molar refractivity (Wildman–Crippen MR) is 72.4 cm³/mol. The van der Waals surface area contributed by atoms with E-state index in [-0.39, 0.29) is 19.6 Å². The maximum absolute atomic E-state index is 14.4. The summed E-state index contributed by atoms with van der Waals surface area (Å²) < 4.78 is 30.3. The van der Waals surface area contributed by atoms with Gasteiger partial charge in [-0.3, -0.25) is 0 Å². The lowest BCUT2D eigenvalue weighted by atomic mass is 9.65. The fraction of sp³-hybridized carbons (Fsp3) is 0.533. The molecule has 6 heteroatoms. The Balaban J connectivity index is 2.01. The Morgan fingerprint density at radius 2 is 1.95 bits per heavy atom. The zero-order chi connectivity index (χ0) is 15.5. The normalized spacial score (nSPS) is 27.1. The molecule has 0 spiro atoms. The number of aliphatic carboxylic acids is 1. The molecule has 1 aromatic rings. The summed E-state index contributed by atoms with van der Waals surface area (Å²) in [4.78, 5) is 11.1. The Labute approximate surface area is 122 Å². The lowest BCUT2D eigenvalue weighted by Gasteiger charge is -2.53. The van der Waals surface area contributed by atoms with E-state index in [4.69, 9.17) is 19.3 Å². The Kier molecular flexibility index (Phi) is 4.61. The van der Waals surface area contributed by atoms with Crippen molar-refractivity contribution in [2.24, 2.45) is 5.92 Å². The lowest BCUT2D eigenvalue weighted by Crippen LogP contribution is -2.70. The summed E-state index contributed by atoms with van der Waals surface area (Å²) in [7, 11) is 2.74. The molecule has 21 heavy (non-hydrogen) atoms. The molecule has 1 aliphatic rings. The van der Waals surface area contributed by atoms with E-state index in [0.717, 1.165) is 5.56 Å². The molecule has 2 rings (SSSR count). The van der Waals surface area contributed by atoms with Crippen LogP contribution in [0.3, 0.4) is 0 Å². The molecule has 0 aromatic heterocycles. The summed E-state index contributed by atoms with van der Waals surface area (Å²) in [6.07, 6.45) is -0.346.